The predicted octanol–water partition coefficient (Wildman–Crippen LogP) is 3.51. The Morgan fingerprint density at radius 1 is 0.926 bits per heavy atom. The average molecular weight is 398 g/mol. The first-order chi connectivity index (χ1) is 12.9. The van der Waals surface area contributed by atoms with Gasteiger partial charge >= 0.3 is 0 Å². The van der Waals surface area contributed by atoms with Crippen molar-refractivity contribution < 1.29 is 18.0 Å². The number of piperazine rings is 1. The highest BCUT2D eigenvalue weighted by atomic mass is 35.5. The molecule has 1 aliphatic rings. The van der Waals surface area contributed by atoms with Gasteiger partial charge in [0.1, 0.15) is 0 Å². The largest absolute Gasteiger partial charge is 0.322 e. The molecule has 0 atom stereocenters. The number of anilines is 1. The van der Waals surface area contributed by atoms with Crippen molar-refractivity contribution in [2.75, 3.05) is 38.0 Å². The zero-order chi connectivity index (χ0) is 19.4. The van der Waals surface area contributed by atoms with E-state index in [4.69, 9.17) is 11.6 Å². The molecule has 0 saturated carbocycles. The Balaban J connectivity index is 1.47. The van der Waals surface area contributed by atoms with E-state index in [1.165, 1.54) is 5.56 Å². The summed E-state index contributed by atoms with van der Waals surface area (Å²) >= 11 is 5.89. The third-order valence-corrected chi connectivity index (χ3v) is 4.71. The Morgan fingerprint density at radius 3 is 2.22 bits per heavy atom. The third kappa shape index (κ3) is 5.22. The molecule has 1 fully saturated rings. The van der Waals surface area contributed by atoms with Gasteiger partial charge in [-0.05, 0) is 29.8 Å². The maximum absolute atomic E-state index is 13.6. The Morgan fingerprint density at radius 2 is 1.56 bits per heavy atom. The molecular weight excluding hydrogens is 379 g/mol. The highest BCUT2D eigenvalue weighted by molar-refractivity contribution is 6.30. The highest BCUT2D eigenvalue weighted by Gasteiger charge is 2.20. The Labute approximate surface area is 160 Å². The number of rotatable bonds is 5. The van der Waals surface area contributed by atoms with E-state index in [9.17, 15) is 18.0 Å². The molecule has 0 aliphatic carbocycles. The maximum atomic E-state index is 13.6. The molecule has 1 amide bonds. The van der Waals surface area contributed by atoms with E-state index in [1.807, 2.05) is 29.2 Å². The van der Waals surface area contributed by atoms with Crippen LogP contribution in [0.4, 0.5) is 18.9 Å². The molecule has 0 bridgehead atoms. The first kappa shape index (κ1) is 19.7. The number of benzene rings is 2. The van der Waals surface area contributed by atoms with E-state index in [-0.39, 0.29) is 12.2 Å². The second-order valence-electron chi connectivity index (χ2n) is 6.45. The number of carbonyl (C=O) groups is 1. The molecule has 0 unspecified atom stereocenters. The Kier molecular flexibility index (Phi) is 6.36. The van der Waals surface area contributed by atoms with Gasteiger partial charge in [-0.3, -0.25) is 14.6 Å². The number of carbonyl (C=O) groups excluding carboxylic acids is 1. The summed E-state index contributed by atoms with van der Waals surface area (Å²) in [4.78, 5) is 16.3. The molecule has 1 N–H and O–H groups in total. The van der Waals surface area contributed by atoms with Crippen LogP contribution in [0, 0.1) is 17.5 Å². The van der Waals surface area contributed by atoms with E-state index in [2.05, 4.69) is 10.2 Å². The van der Waals surface area contributed by atoms with Crippen LogP contribution in [0.25, 0.3) is 0 Å². The number of halogens is 4. The summed E-state index contributed by atoms with van der Waals surface area (Å²) in [5.41, 5.74) is 0.805. The summed E-state index contributed by atoms with van der Waals surface area (Å²) in [6, 6.07) is 9.47. The summed E-state index contributed by atoms with van der Waals surface area (Å²) in [5.74, 6) is -4.74. The standard InChI is InChI=1S/C19H19ClF3N3O/c20-14-3-1-13(2-4-14)11-25-7-9-26(10-8-25)12-17(27)24-16-6-5-15(21)18(22)19(16)23/h1-6H,7-12H2,(H,24,27). The van der Waals surface area contributed by atoms with Gasteiger partial charge in [0.2, 0.25) is 5.91 Å². The topological polar surface area (TPSA) is 35.6 Å². The highest BCUT2D eigenvalue weighted by Crippen LogP contribution is 2.19. The zero-order valence-corrected chi connectivity index (χ0v) is 15.3. The summed E-state index contributed by atoms with van der Waals surface area (Å²) in [5, 5.41) is 2.99. The van der Waals surface area contributed by atoms with Gasteiger partial charge in [0, 0.05) is 37.7 Å². The SMILES string of the molecule is O=C(CN1CCN(Cc2ccc(Cl)cc2)CC1)Nc1ccc(F)c(F)c1F. The van der Waals surface area contributed by atoms with Gasteiger partial charge in [-0.1, -0.05) is 23.7 Å². The van der Waals surface area contributed by atoms with E-state index in [1.54, 1.807) is 0 Å². The second-order valence-corrected chi connectivity index (χ2v) is 6.89. The molecule has 3 rings (SSSR count). The molecule has 2 aromatic rings. The molecule has 0 aromatic heterocycles. The van der Waals surface area contributed by atoms with E-state index >= 15 is 0 Å². The zero-order valence-electron chi connectivity index (χ0n) is 14.5. The molecule has 4 nitrogen and oxygen atoms in total. The van der Waals surface area contributed by atoms with Crippen molar-refractivity contribution in [1.29, 1.82) is 0 Å². The Hall–Kier alpha value is -2.09. The average Bonchev–Trinajstić information content (AvgIpc) is 2.66. The molecule has 0 spiro atoms. The molecule has 1 aliphatic heterocycles. The fourth-order valence-electron chi connectivity index (χ4n) is 2.97. The van der Waals surface area contributed by atoms with Gasteiger partial charge in [-0.15, -0.1) is 0 Å². The van der Waals surface area contributed by atoms with E-state index in [0.717, 1.165) is 31.8 Å². The molecule has 0 radical (unpaired) electrons. The third-order valence-electron chi connectivity index (χ3n) is 4.46. The monoisotopic (exact) mass is 397 g/mol. The Bertz CT molecular complexity index is 809. The summed E-state index contributed by atoms with van der Waals surface area (Å²) in [6.45, 7) is 3.80. The fourth-order valence-corrected chi connectivity index (χ4v) is 3.09. The van der Waals surface area contributed by atoms with Crippen LogP contribution in [0.3, 0.4) is 0 Å². The van der Waals surface area contributed by atoms with Crippen LogP contribution in [0.5, 0.6) is 0 Å². The van der Waals surface area contributed by atoms with Crippen molar-refractivity contribution in [3.05, 3.63) is 64.4 Å². The molecule has 27 heavy (non-hydrogen) atoms. The summed E-state index contributed by atoms with van der Waals surface area (Å²) in [6.07, 6.45) is 0. The van der Waals surface area contributed by atoms with Crippen molar-refractivity contribution in [3.8, 4) is 0 Å². The van der Waals surface area contributed by atoms with Crippen LogP contribution in [0.15, 0.2) is 36.4 Å². The number of hydrogen-bond acceptors (Lipinski definition) is 3. The minimum Gasteiger partial charge on any atom is -0.322 e. The van der Waals surface area contributed by atoms with Crippen LogP contribution in [-0.2, 0) is 11.3 Å². The lowest BCUT2D eigenvalue weighted by atomic mass is 10.2. The first-order valence-electron chi connectivity index (χ1n) is 8.55. The molecule has 8 heteroatoms. The van der Waals surface area contributed by atoms with Crippen molar-refractivity contribution in [3.63, 3.8) is 0 Å². The summed E-state index contributed by atoms with van der Waals surface area (Å²) < 4.78 is 39.8. The van der Waals surface area contributed by atoms with Crippen LogP contribution in [-0.4, -0.2) is 48.4 Å². The molecule has 1 heterocycles. The van der Waals surface area contributed by atoms with Crippen LogP contribution >= 0.6 is 11.6 Å². The van der Waals surface area contributed by atoms with Gasteiger partial charge in [-0.2, -0.15) is 0 Å². The first-order valence-corrected chi connectivity index (χ1v) is 8.92. The van der Waals surface area contributed by atoms with Gasteiger partial charge in [0.25, 0.3) is 0 Å². The predicted molar refractivity (Wildman–Crippen MR) is 98.1 cm³/mol. The minimum absolute atomic E-state index is 0.0627. The lowest BCUT2D eigenvalue weighted by molar-refractivity contribution is -0.117. The van der Waals surface area contributed by atoms with Gasteiger partial charge in [0.05, 0.1) is 12.2 Å². The van der Waals surface area contributed by atoms with Crippen LogP contribution < -0.4 is 5.32 Å². The smallest absolute Gasteiger partial charge is 0.238 e. The normalized spacial score (nSPS) is 15.7. The van der Waals surface area contributed by atoms with Crippen molar-refractivity contribution in [2.24, 2.45) is 0 Å². The molecule has 1 saturated heterocycles. The molecule has 2 aromatic carbocycles. The minimum atomic E-state index is -1.59. The maximum Gasteiger partial charge on any atom is 0.238 e. The molecule has 144 valence electrons. The lowest BCUT2D eigenvalue weighted by Gasteiger charge is -2.34. The van der Waals surface area contributed by atoms with Crippen molar-refractivity contribution >= 4 is 23.2 Å². The van der Waals surface area contributed by atoms with Gasteiger partial charge < -0.3 is 5.32 Å². The number of amides is 1. The van der Waals surface area contributed by atoms with E-state index in [0.29, 0.717) is 18.1 Å². The number of nitrogens with zero attached hydrogens (tertiary/aromatic N) is 2. The van der Waals surface area contributed by atoms with Crippen LogP contribution in [0.2, 0.25) is 5.02 Å². The quantitative estimate of drug-likeness (QED) is 0.784. The lowest BCUT2D eigenvalue weighted by Crippen LogP contribution is -2.48. The second kappa shape index (κ2) is 8.73. The van der Waals surface area contributed by atoms with E-state index < -0.39 is 23.4 Å². The summed E-state index contributed by atoms with van der Waals surface area (Å²) in [7, 11) is 0. The fraction of sp³-hybridized carbons (Fsp3) is 0.316. The van der Waals surface area contributed by atoms with Crippen molar-refractivity contribution in [1.82, 2.24) is 9.80 Å². The molecular formula is C19H19ClF3N3O. The van der Waals surface area contributed by atoms with Gasteiger partial charge in [0.15, 0.2) is 17.5 Å². The number of hydrogen-bond donors (Lipinski definition) is 1. The van der Waals surface area contributed by atoms with Crippen molar-refractivity contribution in [2.45, 2.75) is 6.54 Å². The van der Waals surface area contributed by atoms with Gasteiger partial charge in [-0.25, -0.2) is 13.2 Å². The van der Waals surface area contributed by atoms with Crippen LogP contribution in [0.1, 0.15) is 5.56 Å². The number of nitrogens with one attached hydrogen (secondary N) is 1.